The molecule has 1 aromatic carbocycles. The number of ketones is 1. The summed E-state index contributed by atoms with van der Waals surface area (Å²) in [5.74, 6) is -0.540. The Morgan fingerprint density at radius 2 is 2.00 bits per heavy atom. The fourth-order valence-corrected chi connectivity index (χ4v) is 2.58. The summed E-state index contributed by atoms with van der Waals surface area (Å²) in [6, 6.07) is 3.73. The second kappa shape index (κ2) is 4.79. The largest absolute Gasteiger partial charge is 0.419 e. The zero-order valence-corrected chi connectivity index (χ0v) is 11.6. The molecule has 0 aliphatic carbocycles. The minimum absolute atomic E-state index is 0.0960. The second-order valence-electron chi connectivity index (χ2n) is 5.06. The monoisotopic (exact) mass is 275 g/mol. The summed E-state index contributed by atoms with van der Waals surface area (Å²) in [6.07, 6.45) is 0. The van der Waals surface area contributed by atoms with Gasteiger partial charge in [0.2, 0.25) is 0 Å². The Labute approximate surface area is 116 Å². The van der Waals surface area contributed by atoms with Crippen LogP contribution in [0.2, 0.25) is 0 Å². The predicted octanol–water partition coefficient (Wildman–Crippen LogP) is 0.744. The van der Waals surface area contributed by atoms with Crippen molar-refractivity contribution in [3.05, 3.63) is 28.2 Å². The van der Waals surface area contributed by atoms with Crippen LogP contribution in [0, 0.1) is 0 Å². The van der Waals surface area contributed by atoms with Gasteiger partial charge in [-0.3, -0.25) is 9.36 Å². The minimum atomic E-state index is -0.444. The minimum Gasteiger partial charge on any atom is -0.407 e. The molecule has 1 aliphatic heterocycles. The number of carbonyl (C=O) groups is 1. The molecule has 0 bridgehead atoms. The normalized spacial score (nSPS) is 15.8. The van der Waals surface area contributed by atoms with Crippen LogP contribution >= 0.6 is 0 Å². The van der Waals surface area contributed by atoms with Crippen molar-refractivity contribution in [1.29, 1.82) is 0 Å². The van der Waals surface area contributed by atoms with E-state index in [4.69, 9.17) is 4.42 Å². The number of aryl methyl sites for hydroxylation is 1. The molecule has 106 valence electrons. The van der Waals surface area contributed by atoms with Crippen LogP contribution in [0.4, 0.5) is 5.69 Å². The molecule has 0 saturated carbocycles. The first kappa shape index (κ1) is 12.9. The lowest BCUT2D eigenvalue weighted by Crippen LogP contribution is -2.43. The number of nitrogens with one attached hydrogen (secondary N) is 1. The van der Waals surface area contributed by atoms with Gasteiger partial charge in [-0.25, -0.2) is 4.79 Å². The van der Waals surface area contributed by atoms with E-state index in [-0.39, 0.29) is 5.78 Å². The third kappa shape index (κ3) is 2.02. The smallest absolute Gasteiger partial charge is 0.407 e. The number of Topliss-reactive ketones (excluding diaryl/α,β-unsaturated/α-hetero) is 1. The van der Waals surface area contributed by atoms with Crippen LogP contribution in [-0.2, 0) is 7.05 Å². The number of hydrogen-bond donors (Lipinski definition) is 1. The number of piperazine rings is 1. The maximum Gasteiger partial charge on any atom is 0.419 e. The first-order valence-corrected chi connectivity index (χ1v) is 6.68. The Kier molecular flexibility index (Phi) is 3.10. The molecule has 2 aromatic rings. The van der Waals surface area contributed by atoms with Gasteiger partial charge in [-0.05, 0) is 19.1 Å². The average molecular weight is 275 g/mol. The quantitative estimate of drug-likeness (QED) is 0.819. The molecule has 2 heterocycles. The average Bonchev–Trinajstić information content (AvgIpc) is 2.74. The molecule has 1 aliphatic rings. The standard InChI is InChI=1S/C14H17N3O3/c1-9(18)11-7-10(17-5-3-15-4-6-17)8-12-13(11)20-14(19)16(12)2/h7-8,15H,3-6H2,1-2H3. The zero-order valence-electron chi connectivity index (χ0n) is 11.6. The molecule has 1 N–H and O–H groups in total. The van der Waals surface area contributed by atoms with Crippen molar-refractivity contribution in [1.82, 2.24) is 9.88 Å². The van der Waals surface area contributed by atoms with Crippen LogP contribution in [0.3, 0.4) is 0 Å². The summed E-state index contributed by atoms with van der Waals surface area (Å²) in [5.41, 5.74) is 2.47. The highest BCUT2D eigenvalue weighted by Crippen LogP contribution is 2.26. The van der Waals surface area contributed by atoms with Crippen molar-refractivity contribution >= 4 is 22.6 Å². The summed E-state index contributed by atoms with van der Waals surface area (Å²) >= 11 is 0. The van der Waals surface area contributed by atoms with Crippen LogP contribution in [0.1, 0.15) is 17.3 Å². The highest BCUT2D eigenvalue weighted by atomic mass is 16.4. The fourth-order valence-electron chi connectivity index (χ4n) is 2.58. The number of aromatic nitrogens is 1. The lowest BCUT2D eigenvalue weighted by Gasteiger charge is -2.29. The Morgan fingerprint density at radius 1 is 1.30 bits per heavy atom. The van der Waals surface area contributed by atoms with E-state index in [1.54, 1.807) is 7.05 Å². The van der Waals surface area contributed by atoms with Gasteiger partial charge in [0.1, 0.15) is 0 Å². The van der Waals surface area contributed by atoms with Gasteiger partial charge in [-0.2, -0.15) is 0 Å². The Balaban J connectivity index is 2.21. The third-order valence-corrected chi connectivity index (χ3v) is 3.74. The summed E-state index contributed by atoms with van der Waals surface area (Å²) in [6.45, 7) is 5.09. The topological polar surface area (TPSA) is 67.5 Å². The lowest BCUT2D eigenvalue weighted by molar-refractivity contribution is 0.101. The summed E-state index contributed by atoms with van der Waals surface area (Å²) in [4.78, 5) is 25.7. The van der Waals surface area contributed by atoms with Gasteiger partial charge < -0.3 is 14.6 Å². The number of hydrogen-bond acceptors (Lipinski definition) is 5. The molecule has 0 radical (unpaired) electrons. The number of fused-ring (bicyclic) bond motifs is 1. The van der Waals surface area contributed by atoms with Gasteiger partial charge in [0.15, 0.2) is 11.4 Å². The van der Waals surface area contributed by atoms with E-state index >= 15 is 0 Å². The van der Waals surface area contributed by atoms with Gasteiger partial charge in [-0.15, -0.1) is 0 Å². The SMILES string of the molecule is CC(=O)c1cc(N2CCNCC2)cc2c1oc(=O)n2C. The molecule has 0 spiro atoms. The maximum atomic E-state index is 11.8. The fraction of sp³-hybridized carbons (Fsp3) is 0.429. The van der Waals surface area contributed by atoms with Crippen molar-refractivity contribution in [3.8, 4) is 0 Å². The molecule has 0 amide bonds. The van der Waals surface area contributed by atoms with Crippen molar-refractivity contribution in [2.75, 3.05) is 31.1 Å². The van der Waals surface area contributed by atoms with E-state index in [9.17, 15) is 9.59 Å². The Morgan fingerprint density at radius 3 is 2.65 bits per heavy atom. The van der Waals surface area contributed by atoms with Crippen molar-refractivity contribution < 1.29 is 9.21 Å². The summed E-state index contributed by atoms with van der Waals surface area (Å²) in [5, 5.41) is 3.29. The van der Waals surface area contributed by atoms with E-state index in [0.29, 0.717) is 16.7 Å². The van der Waals surface area contributed by atoms with Crippen molar-refractivity contribution in [2.24, 2.45) is 7.05 Å². The first-order valence-electron chi connectivity index (χ1n) is 6.68. The molecule has 1 saturated heterocycles. The van der Waals surface area contributed by atoms with E-state index in [1.807, 2.05) is 12.1 Å². The molecule has 6 nitrogen and oxygen atoms in total. The number of benzene rings is 1. The molecular formula is C14H17N3O3. The van der Waals surface area contributed by atoms with Gasteiger partial charge in [-0.1, -0.05) is 0 Å². The number of nitrogens with zero attached hydrogens (tertiary/aromatic N) is 2. The van der Waals surface area contributed by atoms with Crippen LogP contribution in [0.15, 0.2) is 21.3 Å². The summed E-state index contributed by atoms with van der Waals surface area (Å²) in [7, 11) is 1.65. The zero-order chi connectivity index (χ0) is 14.3. The van der Waals surface area contributed by atoms with Crippen LogP contribution in [0.5, 0.6) is 0 Å². The number of rotatable bonds is 2. The van der Waals surface area contributed by atoms with Crippen molar-refractivity contribution in [3.63, 3.8) is 0 Å². The molecule has 0 atom stereocenters. The predicted molar refractivity (Wildman–Crippen MR) is 76.5 cm³/mol. The maximum absolute atomic E-state index is 11.8. The number of anilines is 1. The van der Waals surface area contributed by atoms with E-state index < -0.39 is 5.76 Å². The molecule has 3 rings (SSSR count). The highest BCUT2D eigenvalue weighted by molar-refractivity contribution is 6.05. The third-order valence-electron chi connectivity index (χ3n) is 3.74. The molecule has 20 heavy (non-hydrogen) atoms. The second-order valence-corrected chi connectivity index (χ2v) is 5.06. The van der Waals surface area contributed by atoms with Crippen molar-refractivity contribution in [2.45, 2.75) is 6.92 Å². The van der Waals surface area contributed by atoms with Crippen LogP contribution < -0.4 is 16.0 Å². The summed E-state index contributed by atoms with van der Waals surface area (Å²) < 4.78 is 6.63. The number of carbonyl (C=O) groups excluding carboxylic acids is 1. The first-order chi connectivity index (χ1) is 9.58. The van der Waals surface area contributed by atoms with Gasteiger partial charge >= 0.3 is 5.76 Å². The molecule has 1 aromatic heterocycles. The molecule has 1 fully saturated rings. The number of oxazole rings is 1. The molecular weight excluding hydrogens is 258 g/mol. The van der Waals surface area contributed by atoms with Gasteiger partial charge in [0, 0.05) is 38.9 Å². The Bertz CT molecular complexity index is 723. The Hall–Kier alpha value is -2.08. The van der Waals surface area contributed by atoms with E-state index in [1.165, 1.54) is 11.5 Å². The van der Waals surface area contributed by atoms with E-state index in [2.05, 4.69) is 10.2 Å². The molecule has 6 heteroatoms. The van der Waals surface area contributed by atoms with Crippen LogP contribution in [0.25, 0.3) is 11.1 Å². The van der Waals surface area contributed by atoms with Gasteiger partial charge in [0.25, 0.3) is 0 Å². The highest BCUT2D eigenvalue weighted by Gasteiger charge is 2.19. The van der Waals surface area contributed by atoms with Gasteiger partial charge in [0.05, 0.1) is 11.1 Å². The van der Waals surface area contributed by atoms with E-state index in [0.717, 1.165) is 31.9 Å². The van der Waals surface area contributed by atoms with Crippen LogP contribution in [-0.4, -0.2) is 36.5 Å². The lowest BCUT2D eigenvalue weighted by atomic mass is 10.1. The molecule has 0 unspecified atom stereocenters.